The Kier molecular flexibility index (Phi) is 5.17. The van der Waals surface area contributed by atoms with E-state index in [1.807, 2.05) is 6.92 Å². The maximum atomic E-state index is 12.9. The van der Waals surface area contributed by atoms with E-state index in [0.29, 0.717) is 10.8 Å². The molecule has 0 spiro atoms. The maximum Gasteiger partial charge on any atom is 0.246 e. The lowest BCUT2D eigenvalue weighted by Crippen LogP contribution is -2.38. The molecule has 0 N–H and O–H groups in total. The summed E-state index contributed by atoms with van der Waals surface area (Å²) in [4.78, 5) is 0.147. The summed E-state index contributed by atoms with van der Waals surface area (Å²) in [7, 11) is -0.471. The van der Waals surface area contributed by atoms with Gasteiger partial charge in [-0.15, -0.1) is 0 Å². The molecule has 6 heteroatoms. The van der Waals surface area contributed by atoms with Crippen LogP contribution in [0.3, 0.4) is 0 Å². The Labute approximate surface area is 132 Å². The van der Waals surface area contributed by atoms with E-state index >= 15 is 0 Å². The highest BCUT2D eigenvalue weighted by Gasteiger charge is 2.31. The second kappa shape index (κ2) is 6.55. The standard InChI is InChI=1S/C15H22ClNO3S/c1-11-9-14(20-3)15(10-13(11)16)21(18,19)17(2)12-7-5-4-6-8-12/h9-10,12H,4-8H2,1-3H3. The van der Waals surface area contributed by atoms with Gasteiger partial charge in [0.15, 0.2) is 0 Å². The van der Waals surface area contributed by atoms with Gasteiger partial charge in [-0.3, -0.25) is 0 Å². The van der Waals surface area contributed by atoms with Crippen molar-refractivity contribution >= 4 is 21.6 Å². The van der Waals surface area contributed by atoms with Gasteiger partial charge >= 0.3 is 0 Å². The molecule has 1 fully saturated rings. The molecule has 1 aliphatic carbocycles. The van der Waals surface area contributed by atoms with Gasteiger partial charge < -0.3 is 4.74 Å². The van der Waals surface area contributed by atoms with Crippen molar-refractivity contribution in [1.82, 2.24) is 4.31 Å². The van der Waals surface area contributed by atoms with Crippen LogP contribution in [0.25, 0.3) is 0 Å². The van der Waals surface area contributed by atoms with E-state index in [2.05, 4.69) is 0 Å². The third-order valence-corrected chi connectivity index (χ3v) is 6.53. The monoisotopic (exact) mass is 331 g/mol. The van der Waals surface area contributed by atoms with Crippen molar-refractivity contribution in [2.45, 2.75) is 50.0 Å². The molecule has 0 radical (unpaired) electrons. The number of rotatable bonds is 4. The van der Waals surface area contributed by atoms with Crippen LogP contribution in [0.15, 0.2) is 17.0 Å². The summed E-state index contributed by atoms with van der Waals surface area (Å²) >= 11 is 6.10. The summed E-state index contributed by atoms with van der Waals surface area (Å²) in [5, 5.41) is 0.436. The van der Waals surface area contributed by atoms with Gasteiger partial charge in [0, 0.05) is 18.1 Å². The van der Waals surface area contributed by atoms with Crippen molar-refractivity contribution in [2.75, 3.05) is 14.2 Å². The molecule has 21 heavy (non-hydrogen) atoms. The van der Waals surface area contributed by atoms with Crippen molar-refractivity contribution in [3.63, 3.8) is 0 Å². The van der Waals surface area contributed by atoms with Gasteiger partial charge in [-0.05, 0) is 37.5 Å². The summed E-state index contributed by atoms with van der Waals surface area (Å²) in [6.45, 7) is 1.83. The normalized spacial score (nSPS) is 17.2. The Bertz CT molecular complexity index is 610. The largest absolute Gasteiger partial charge is 0.495 e. The summed E-state index contributed by atoms with van der Waals surface area (Å²) in [5.41, 5.74) is 0.799. The zero-order valence-corrected chi connectivity index (χ0v) is 14.3. The van der Waals surface area contributed by atoms with Gasteiger partial charge in [0.1, 0.15) is 10.6 Å². The Morgan fingerprint density at radius 3 is 2.43 bits per heavy atom. The molecule has 0 amide bonds. The first-order chi connectivity index (χ1) is 9.87. The minimum absolute atomic E-state index is 0.0635. The second-order valence-electron chi connectivity index (χ2n) is 5.57. The number of halogens is 1. The van der Waals surface area contributed by atoms with Crippen LogP contribution in [0.5, 0.6) is 5.75 Å². The second-order valence-corrected chi connectivity index (χ2v) is 7.94. The lowest BCUT2D eigenvalue weighted by atomic mass is 9.96. The number of benzene rings is 1. The smallest absolute Gasteiger partial charge is 0.246 e. The van der Waals surface area contributed by atoms with E-state index in [9.17, 15) is 8.42 Å². The molecule has 4 nitrogen and oxygen atoms in total. The Balaban J connectivity index is 2.40. The molecule has 0 aromatic heterocycles. The number of hydrogen-bond acceptors (Lipinski definition) is 3. The van der Waals surface area contributed by atoms with Crippen molar-refractivity contribution in [1.29, 1.82) is 0 Å². The van der Waals surface area contributed by atoms with E-state index in [1.165, 1.54) is 23.9 Å². The van der Waals surface area contributed by atoms with Crippen LogP contribution in [0, 0.1) is 6.92 Å². The number of aryl methyl sites for hydroxylation is 1. The van der Waals surface area contributed by atoms with E-state index in [1.54, 1.807) is 13.1 Å². The summed E-state index contributed by atoms with van der Waals surface area (Å²) in [6, 6.07) is 3.22. The first-order valence-electron chi connectivity index (χ1n) is 7.20. The number of methoxy groups -OCH3 is 1. The molecule has 1 aromatic carbocycles. The minimum Gasteiger partial charge on any atom is -0.495 e. The fraction of sp³-hybridized carbons (Fsp3) is 0.600. The molecular weight excluding hydrogens is 310 g/mol. The molecule has 0 aliphatic heterocycles. The van der Waals surface area contributed by atoms with E-state index in [4.69, 9.17) is 16.3 Å². The summed E-state index contributed by atoms with van der Waals surface area (Å²) in [5.74, 6) is 0.347. The molecule has 0 unspecified atom stereocenters. The van der Waals surface area contributed by atoms with Crippen molar-refractivity contribution < 1.29 is 13.2 Å². The third kappa shape index (κ3) is 3.35. The average Bonchev–Trinajstić information content (AvgIpc) is 2.49. The molecule has 1 saturated carbocycles. The van der Waals surface area contributed by atoms with E-state index < -0.39 is 10.0 Å². The van der Waals surface area contributed by atoms with Crippen LogP contribution in [-0.2, 0) is 10.0 Å². The highest BCUT2D eigenvalue weighted by atomic mass is 35.5. The third-order valence-electron chi connectivity index (χ3n) is 4.19. The Hall–Kier alpha value is -0.780. The van der Waals surface area contributed by atoms with Crippen molar-refractivity contribution in [3.05, 3.63) is 22.7 Å². The van der Waals surface area contributed by atoms with Crippen molar-refractivity contribution in [3.8, 4) is 5.75 Å². The summed E-state index contributed by atoms with van der Waals surface area (Å²) in [6.07, 6.45) is 5.17. The highest BCUT2D eigenvalue weighted by molar-refractivity contribution is 7.89. The highest BCUT2D eigenvalue weighted by Crippen LogP contribution is 2.34. The molecule has 0 heterocycles. The molecule has 1 aliphatic rings. The predicted octanol–water partition coefficient (Wildman–Crippen LogP) is 3.61. The lowest BCUT2D eigenvalue weighted by molar-refractivity contribution is 0.284. The lowest BCUT2D eigenvalue weighted by Gasteiger charge is -2.30. The fourth-order valence-corrected chi connectivity index (χ4v) is 4.60. The number of sulfonamides is 1. The molecule has 1 aromatic rings. The van der Waals surface area contributed by atoms with Gasteiger partial charge in [0.25, 0.3) is 0 Å². The number of hydrogen-bond donors (Lipinski definition) is 0. The van der Waals surface area contributed by atoms with Gasteiger partial charge in [0.2, 0.25) is 10.0 Å². The summed E-state index contributed by atoms with van der Waals surface area (Å²) < 4.78 is 32.4. The van der Waals surface area contributed by atoms with Gasteiger partial charge in [-0.2, -0.15) is 4.31 Å². The van der Waals surface area contributed by atoms with Crippen LogP contribution in [-0.4, -0.2) is 32.9 Å². The first-order valence-corrected chi connectivity index (χ1v) is 9.02. The zero-order valence-electron chi connectivity index (χ0n) is 12.7. The molecule has 0 bridgehead atoms. The van der Waals surface area contributed by atoms with Crippen LogP contribution < -0.4 is 4.74 Å². The molecule has 0 atom stereocenters. The molecule has 2 rings (SSSR count). The van der Waals surface area contributed by atoms with Crippen LogP contribution in [0.2, 0.25) is 5.02 Å². The topological polar surface area (TPSA) is 46.6 Å². The molecule has 0 saturated heterocycles. The first kappa shape index (κ1) is 16.6. The predicted molar refractivity (Wildman–Crippen MR) is 84.6 cm³/mol. The Morgan fingerprint density at radius 1 is 1.24 bits per heavy atom. The van der Waals surface area contributed by atoms with Crippen LogP contribution in [0.1, 0.15) is 37.7 Å². The zero-order chi connectivity index (χ0) is 15.6. The number of nitrogens with zero attached hydrogens (tertiary/aromatic N) is 1. The van der Waals surface area contributed by atoms with E-state index in [-0.39, 0.29) is 10.9 Å². The average molecular weight is 332 g/mol. The molecular formula is C15H22ClNO3S. The minimum atomic E-state index is -3.60. The van der Waals surface area contributed by atoms with Gasteiger partial charge in [-0.1, -0.05) is 30.9 Å². The maximum absolute atomic E-state index is 12.9. The van der Waals surface area contributed by atoms with Gasteiger partial charge in [-0.25, -0.2) is 8.42 Å². The van der Waals surface area contributed by atoms with E-state index in [0.717, 1.165) is 31.2 Å². The van der Waals surface area contributed by atoms with Crippen molar-refractivity contribution in [2.24, 2.45) is 0 Å². The SMILES string of the molecule is COc1cc(C)c(Cl)cc1S(=O)(=O)N(C)C1CCCCC1. The van der Waals surface area contributed by atoms with Gasteiger partial charge in [0.05, 0.1) is 7.11 Å². The van der Waals surface area contributed by atoms with Crippen LogP contribution >= 0.6 is 11.6 Å². The fourth-order valence-electron chi connectivity index (χ4n) is 2.79. The Morgan fingerprint density at radius 2 is 1.86 bits per heavy atom. The quantitative estimate of drug-likeness (QED) is 0.846. The number of ether oxygens (including phenoxy) is 1. The van der Waals surface area contributed by atoms with Crippen LogP contribution in [0.4, 0.5) is 0 Å². The molecule has 118 valence electrons.